The SMILES string of the molecule is COc1ccc(N2CCN(c3ncc(Cl)cc3F)CC2)cc1F. The third-order valence-corrected chi connectivity index (χ3v) is 4.07. The summed E-state index contributed by atoms with van der Waals surface area (Å²) >= 11 is 5.72. The van der Waals surface area contributed by atoms with Crippen LogP contribution in [0.15, 0.2) is 30.5 Å². The summed E-state index contributed by atoms with van der Waals surface area (Å²) in [6.45, 7) is 2.49. The summed E-state index contributed by atoms with van der Waals surface area (Å²) in [7, 11) is 1.44. The second-order valence-electron chi connectivity index (χ2n) is 5.25. The lowest BCUT2D eigenvalue weighted by atomic mass is 10.2. The summed E-state index contributed by atoms with van der Waals surface area (Å²) in [4.78, 5) is 7.97. The number of aromatic nitrogens is 1. The summed E-state index contributed by atoms with van der Waals surface area (Å²) in [5.41, 5.74) is 0.785. The lowest BCUT2D eigenvalue weighted by Gasteiger charge is -2.36. The number of pyridine rings is 1. The van der Waals surface area contributed by atoms with E-state index in [2.05, 4.69) is 4.98 Å². The molecule has 0 amide bonds. The van der Waals surface area contributed by atoms with Gasteiger partial charge < -0.3 is 14.5 Å². The Morgan fingerprint density at radius 2 is 1.74 bits per heavy atom. The van der Waals surface area contributed by atoms with Crippen LogP contribution in [-0.4, -0.2) is 38.3 Å². The van der Waals surface area contributed by atoms with E-state index in [9.17, 15) is 8.78 Å². The minimum Gasteiger partial charge on any atom is -0.494 e. The number of ether oxygens (including phenoxy) is 1. The molecule has 0 bridgehead atoms. The molecule has 23 heavy (non-hydrogen) atoms. The second kappa shape index (κ2) is 6.58. The highest BCUT2D eigenvalue weighted by Crippen LogP contribution is 2.26. The molecule has 0 N–H and O–H groups in total. The highest BCUT2D eigenvalue weighted by Gasteiger charge is 2.21. The van der Waals surface area contributed by atoms with E-state index in [4.69, 9.17) is 16.3 Å². The van der Waals surface area contributed by atoms with Crippen molar-refractivity contribution in [1.29, 1.82) is 0 Å². The van der Waals surface area contributed by atoms with Gasteiger partial charge in [-0.2, -0.15) is 0 Å². The molecule has 4 nitrogen and oxygen atoms in total. The lowest BCUT2D eigenvalue weighted by Crippen LogP contribution is -2.47. The van der Waals surface area contributed by atoms with E-state index in [0.717, 1.165) is 5.69 Å². The first kappa shape index (κ1) is 15.8. The Kier molecular flexibility index (Phi) is 4.52. The fourth-order valence-electron chi connectivity index (χ4n) is 2.67. The van der Waals surface area contributed by atoms with E-state index in [1.807, 2.05) is 15.9 Å². The fraction of sp³-hybridized carbons (Fsp3) is 0.312. The topological polar surface area (TPSA) is 28.6 Å². The van der Waals surface area contributed by atoms with Gasteiger partial charge in [0.15, 0.2) is 23.2 Å². The average molecular weight is 340 g/mol. The summed E-state index contributed by atoms with van der Waals surface area (Å²) < 4.78 is 32.7. The Bertz CT molecular complexity index is 706. The molecular weight excluding hydrogens is 324 g/mol. The number of rotatable bonds is 3. The van der Waals surface area contributed by atoms with Crippen molar-refractivity contribution >= 4 is 23.1 Å². The summed E-state index contributed by atoms with van der Waals surface area (Å²) in [5.74, 6) is -0.297. The Hall–Kier alpha value is -2.08. The van der Waals surface area contributed by atoms with Gasteiger partial charge in [0.25, 0.3) is 0 Å². The molecule has 0 radical (unpaired) electrons. The van der Waals surface area contributed by atoms with Gasteiger partial charge in [-0.3, -0.25) is 0 Å². The molecule has 1 aromatic heterocycles. The van der Waals surface area contributed by atoms with Crippen molar-refractivity contribution in [3.8, 4) is 5.75 Å². The van der Waals surface area contributed by atoms with Crippen LogP contribution in [-0.2, 0) is 0 Å². The van der Waals surface area contributed by atoms with Gasteiger partial charge in [0, 0.05) is 44.1 Å². The molecule has 0 atom stereocenters. The first-order valence-corrected chi connectivity index (χ1v) is 7.61. The first-order valence-electron chi connectivity index (χ1n) is 7.23. The second-order valence-corrected chi connectivity index (χ2v) is 5.69. The van der Waals surface area contributed by atoms with Gasteiger partial charge in [-0.15, -0.1) is 0 Å². The molecule has 1 fully saturated rings. The smallest absolute Gasteiger partial charge is 0.167 e. The molecule has 1 aliphatic heterocycles. The van der Waals surface area contributed by atoms with Gasteiger partial charge in [0.2, 0.25) is 0 Å². The van der Waals surface area contributed by atoms with Crippen molar-refractivity contribution < 1.29 is 13.5 Å². The maximum absolute atomic E-state index is 13.9. The molecule has 1 aliphatic rings. The van der Waals surface area contributed by atoms with E-state index in [1.54, 1.807) is 6.07 Å². The third kappa shape index (κ3) is 3.32. The molecule has 1 aromatic carbocycles. The molecule has 2 heterocycles. The third-order valence-electron chi connectivity index (χ3n) is 3.87. The number of hydrogen-bond acceptors (Lipinski definition) is 4. The Morgan fingerprint density at radius 1 is 1.04 bits per heavy atom. The summed E-state index contributed by atoms with van der Waals surface area (Å²) in [6, 6.07) is 6.14. The predicted octanol–water partition coefficient (Wildman–Crippen LogP) is 3.35. The van der Waals surface area contributed by atoms with Crippen LogP contribution >= 0.6 is 11.6 Å². The molecule has 0 spiro atoms. The molecule has 2 aromatic rings. The lowest BCUT2D eigenvalue weighted by molar-refractivity contribution is 0.386. The summed E-state index contributed by atoms with van der Waals surface area (Å²) in [5, 5.41) is 0.276. The molecule has 0 saturated carbocycles. The van der Waals surface area contributed by atoms with Crippen molar-refractivity contribution in [3.63, 3.8) is 0 Å². The largest absolute Gasteiger partial charge is 0.494 e. The van der Waals surface area contributed by atoms with Crippen molar-refractivity contribution in [2.24, 2.45) is 0 Å². The van der Waals surface area contributed by atoms with E-state index in [0.29, 0.717) is 32.0 Å². The number of hydrogen-bond donors (Lipinski definition) is 0. The van der Waals surface area contributed by atoms with Gasteiger partial charge in [-0.25, -0.2) is 13.8 Å². The number of benzene rings is 1. The molecule has 0 aliphatic carbocycles. The van der Waals surface area contributed by atoms with Crippen molar-refractivity contribution in [2.75, 3.05) is 43.1 Å². The van der Waals surface area contributed by atoms with Gasteiger partial charge >= 0.3 is 0 Å². The maximum atomic E-state index is 13.9. The summed E-state index contributed by atoms with van der Waals surface area (Å²) in [6.07, 6.45) is 1.44. The van der Waals surface area contributed by atoms with Crippen LogP contribution in [0, 0.1) is 11.6 Å². The van der Waals surface area contributed by atoms with Gasteiger partial charge in [-0.05, 0) is 18.2 Å². The van der Waals surface area contributed by atoms with Crippen LogP contribution < -0.4 is 14.5 Å². The van der Waals surface area contributed by atoms with E-state index in [1.165, 1.54) is 25.4 Å². The van der Waals surface area contributed by atoms with E-state index >= 15 is 0 Å². The zero-order valence-electron chi connectivity index (χ0n) is 12.6. The number of anilines is 2. The van der Waals surface area contributed by atoms with Crippen molar-refractivity contribution in [1.82, 2.24) is 4.98 Å². The molecular formula is C16H16ClF2N3O. The Morgan fingerprint density at radius 3 is 2.35 bits per heavy atom. The Balaban J connectivity index is 1.69. The normalized spacial score (nSPS) is 15.0. The van der Waals surface area contributed by atoms with E-state index < -0.39 is 11.6 Å². The maximum Gasteiger partial charge on any atom is 0.167 e. The zero-order chi connectivity index (χ0) is 16.4. The van der Waals surface area contributed by atoms with Crippen molar-refractivity contribution in [2.45, 2.75) is 0 Å². The van der Waals surface area contributed by atoms with Gasteiger partial charge in [-0.1, -0.05) is 11.6 Å². The van der Waals surface area contributed by atoms with Gasteiger partial charge in [0.1, 0.15) is 0 Å². The molecule has 0 unspecified atom stereocenters. The van der Waals surface area contributed by atoms with Crippen LogP contribution in [0.5, 0.6) is 5.75 Å². The van der Waals surface area contributed by atoms with Crippen LogP contribution in [0.3, 0.4) is 0 Å². The average Bonchev–Trinajstić information content (AvgIpc) is 2.55. The fourth-order valence-corrected chi connectivity index (χ4v) is 2.81. The highest BCUT2D eigenvalue weighted by molar-refractivity contribution is 6.30. The van der Waals surface area contributed by atoms with Crippen molar-refractivity contribution in [3.05, 3.63) is 47.1 Å². The highest BCUT2D eigenvalue weighted by atomic mass is 35.5. The zero-order valence-corrected chi connectivity index (χ0v) is 13.4. The Labute approximate surface area is 138 Å². The number of methoxy groups -OCH3 is 1. The molecule has 122 valence electrons. The standard InChI is InChI=1S/C16H16ClF2N3O/c1-23-15-3-2-12(9-13(15)18)21-4-6-22(7-5-21)16-14(19)8-11(17)10-20-16/h2-3,8-10H,4-7H2,1H3. The minimum atomic E-state index is -0.429. The van der Waals surface area contributed by atoms with Gasteiger partial charge in [0.05, 0.1) is 12.1 Å². The minimum absolute atomic E-state index is 0.222. The number of halogens is 3. The quantitative estimate of drug-likeness (QED) is 0.857. The van der Waals surface area contributed by atoms with E-state index in [-0.39, 0.29) is 10.8 Å². The molecule has 7 heteroatoms. The first-order chi connectivity index (χ1) is 11.1. The van der Waals surface area contributed by atoms with Crippen LogP contribution in [0.25, 0.3) is 0 Å². The van der Waals surface area contributed by atoms with Crippen LogP contribution in [0.4, 0.5) is 20.3 Å². The number of piperazine rings is 1. The number of nitrogens with zero attached hydrogens (tertiary/aromatic N) is 3. The predicted molar refractivity (Wildman–Crippen MR) is 86.6 cm³/mol. The monoisotopic (exact) mass is 339 g/mol. The van der Waals surface area contributed by atoms with Crippen LogP contribution in [0.1, 0.15) is 0 Å². The van der Waals surface area contributed by atoms with Crippen LogP contribution in [0.2, 0.25) is 5.02 Å². The molecule has 3 rings (SSSR count). The molecule has 1 saturated heterocycles.